The second-order valence-corrected chi connectivity index (χ2v) is 10.7. The van der Waals surface area contributed by atoms with Crippen LogP contribution in [0.1, 0.15) is 17.5 Å². The highest BCUT2D eigenvalue weighted by Gasteiger charge is 2.59. The smallest absolute Gasteiger partial charge is 0.253 e. The van der Waals surface area contributed by atoms with Crippen LogP contribution in [0.4, 0.5) is 20.3 Å². The average Bonchev–Trinajstić information content (AvgIpc) is 3.11. The van der Waals surface area contributed by atoms with E-state index in [1.54, 1.807) is 12.1 Å². The largest absolute Gasteiger partial charge is 0.350 e. The van der Waals surface area contributed by atoms with Gasteiger partial charge < -0.3 is 5.32 Å². The molecule has 3 aromatic rings. The minimum absolute atomic E-state index is 0.0626. The number of carbonyl (C=O) groups excluding carboxylic acids is 1. The summed E-state index contributed by atoms with van der Waals surface area (Å²) in [5.41, 5.74) is 3.62. The number of aromatic nitrogens is 4. The molecule has 3 heterocycles. The van der Waals surface area contributed by atoms with Crippen LogP contribution in [0.15, 0.2) is 43.0 Å². The number of fused-ring (bicyclic) bond motifs is 1. The van der Waals surface area contributed by atoms with E-state index in [-0.39, 0.29) is 25.4 Å². The van der Waals surface area contributed by atoms with Crippen LogP contribution in [0.5, 0.6) is 0 Å². The van der Waals surface area contributed by atoms with Gasteiger partial charge in [-0.05, 0) is 47.2 Å². The van der Waals surface area contributed by atoms with E-state index in [1.165, 1.54) is 33.0 Å². The maximum absolute atomic E-state index is 13.5. The molecule has 1 aromatic carbocycles. The number of hydrogen-bond donors (Lipinski definition) is 3. The molecule has 35 heavy (non-hydrogen) atoms. The minimum Gasteiger partial charge on any atom is -0.350 e. The van der Waals surface area contributed by atoms with Gasteiger partial charge in [0.05, 0.1) is 5.69 Å². The molecule has 186 valence electrons. The second kappa shape index (κ2) is 8.43. The first-order valence-electron chi connectivity index (χ1n) is 10.9. The van der Waals surface area contributed by atoms with Gasteiger partial charge in [0.2, 0.25) is 5.91 Å². The Kier molecular flexibility index (Phi) is 5.65. The zero-order chi connectivity index (χ0) is 25.0. The molecule has 1 aliphatic heterocycles. The number of nitrogens with zero attached hydrogens (tertiary/aromatic N) is 6. The van der Waals surface area contributed by atoms with E-state index < -0.39 is 22.8 Å². The molecule has 13 heteroatoms. The lowest BCUT2D eigenvalue weighted by atomic mass is 10.0. The van der Waals surface area contributed by atoms with Crippen molar-refractivity contribution in [2.24, 2.45) is 5.92 Å². The van der Waals surface area contributed by atoms with Gasteiger partial charge in [-0.1, -0.05) is 12.1 Å². The van der Waals surface area contributed by atoms with Crippen molar-refractivity contribution in [3.8, 4) is 11.3 Å². The zero-order valence-electron chi connectivity index (χ0n) is 19.1. The van der Waals surface area contributed by atoms with E-state index in [9.17, 15) is 22.7 Å². The Balaban J connectivity index is 1.36. The van der Waals surface area contributed by atoms with Gasteiger partial charge in [0.1, 0.15) is 24.9 Å². The fourth-order valence-corrected chi connectivity index (χ4v) is 5.50. The van der Waals surface area contributed by atoms with Gasteiger partial charge in [-0.2, -0.15) is 5.10 Å². The van der Waals surface area contributed by atoms with E-state index in [1.807, 2.05) is 25.1 Å². The molecular weight excluding hydrogens is 480 g/mol. The summed E-state index contributed by atoms with van der Waals surface area (Å²) in [6, 6.07) is 9.16. The van der Waals surface area contributed by atoms with Crippen molar-refractivity contribution in [1.29, 1.82) is 0 Å². The number of carbonyl (C=O) groups is 1. The van der Waals surface area contributed by atoms with Crippen molar-refractivity contribution < 1.29 is 22.7 Å². The Morgan fingerprint density at radius 2 is 2.06 bits per heavy atom. The minimum atomic E-state index is -3.48. The SMILES string of the molecule is Cc1ccc(CNC(=O)Cn2cncn2)cc1-c1ccc2c(n1)N(C)S(O)(O)N2CC1CC1(F)F. The number of aryl methyl sites for hydroxylation is 1. The third kappa shape index (κ3) is 4.42. The zero-order valence-corrected chi connectivity index (χ0v) is 19.9. The third-order valence-corrected chi connectivity index (χ3v) is 8.11. The summed E-state index contributed by atoms with van der Waals surface area (Å²) >= 11 is 0. The topological polar surface area (TPSA) is 120 Å². The fraction of sp³-hybridized carbons (Fsp3) is 0.364. The highest BCUT2D eigenvalue weighted by Crippen LogP contribution is 2.62. The van der Waals surface area contributed by atoms with Crippen molar-refractivity contribution in [2.45, 2.75) is 32.4 Å². The van der Waals surface area contributed by atoms with Gasteiger partial charge in [-0.25, -0.2) is 32.0 Å². The molecule has 1 unspecified atom stereocenters. The van der Waals surface area contributed by atoms with Gasteiger partial charge in [-0.3, -0.25) is 13.9 Å². The summed E-state index contributed by atoms with van der Waals surface area (Å²) in [5, 5.41) is 6.76. The number of nitrogens with one attached hydrogen (secondary N) is 1. The third-order valence-electron chi connectivity index (χ3n) is 6.27. The first-order valence-corrected chi connectivity index (χ1v) is 12.4. The van der Waals surface area contributed by atoms with Crippen LogP contribution >= 0.6 is 11.0 Å². The highest BCUT2D eigenvalue weighted by molar-refractivity contribution is 8.26. The number of alkyl halides is 2. The van der Waals surface area contributed by atoms with Crippen LogP contribution in [0.25, 0.3) is 11.3 Å². The Morgan fingerprint density at radius 3 is 2.74 bits per heavy atom. The maximum atomic E-state index is 13.5. The van der Waals surface area contributed by atoms with E-state index in [0.717, 1.165) is 16.7 Å². The molecule has 2 aliphatic rings. The van der Waals surface area contributed by atoms with Crippen molar-refractivity contribution in [1.82, 2.24) is 25.1 Å². The lowest BCUT2D eigenvalue weighted by Gasteiger charge is -2.41. The molecule has 3 N–H and O–H groups in total. The predicted octanol–water partition coefficient (Wildman–Crippen LogP) is 3.46. The number of rotatable bonds is 7. The molecule has 0 radical (unpaired) electrons. The summed E-state index contributed by atoms with van der Waals surface area (Å²) < 4.78 is 52.4. The van der Waals surface area contributed by atoms with Crippen LogP contribution in [0.2, 0.25) is 0 Å². The molecule has 2 aromatic heterocycles. The van der Waals surface area contributed by atoms with Crippen LogP contribution < -0.4 is 13.9 Å². The van der Waals surface area contributed by atoms with Crippen molar-refractivity contribution in [3.05, 3.63) is 54.1 Å². The molecule has 1 saturated carbocycles. The number of hydrogen-bond acceptors (Lipinski definition) is 8. The predicted molar refractivity (Wildman–Crippen MR) is 128 cm³/mol. The fourth-order valence-electron chi connectivity index (χ4n) is 4.05. The Morgan fingerprint density at radius 1 is 1.29 bits per heavy atom. The Hall–Kier alpha value is -3.29. The second-order valence-electron chi connectivity index (χ2n) is 8.77. The lowest BCUT2D eigenvalue weighted by Crippen LogP contribution is -2.33. The van der Waals surface area contributed by atoms with Crippen LogP contribution in [-0.2, 0) is 17.9 Å². The van der Waals surface area contributed by atoms with E-state index in [2.05, 4.69) is 20.4 Å². The van der Waals surface area contributed by atoms with Crippen LogP contribution in [0.3, 0.4) is 0 Å². The van der Waals surface area contributed by atoms with Crippen LogP contribution in [0, 0.1) is 12.8 Å². The van der Waals surface area contributed by atoms with E-state index in [4.69, 9.17) is 0 Å². The van der Waals surface area contributed by atoms with Crippen molar-refractivity contribution in [3.63, 3.8) is 0 Å². The highest BCUT2D eigenvalue weighted by atomic mass is 32.3. The summed E-state index contributed by atoms with van der Waals surface area (Å²) in [7, 11) is -1.99. The van der Waals surface area contributed by atoms with E-state index >= 15 is 0 Å². The molecule has 1 amide bonds. The summed E-state index contributed by atoms with van der Waals surface area (Å²) in [6.45, 7) is 2.13. The molecule has 0 bridgehead atoms. The monoisotopic (exact) mass is 505 g/mol. The molecule has 1 atom stereocenters. The number of pyridine rings is 1. The number of amides is 1. The van der Waals surface area contributed by atoms with Gasteiger partial charge in [-0.15, -0.1) is 0 Å². The summed E-state index contributed by atoms with van der Waals surface area (Å²) in [4.78, 5) is 20.6. The molecular formula is C22H25F2N7O3S. The first kappa shape index (κ1) is 23.5. The normalized spacial score (nSPS) is 20.5. The van der Waals surface area contributed by atoms with Gasteiger partial charge >= 0.3 is 0 Å². The quantitative estimate of drug-likeness (QED) is 0.447. The summed E-state index contributed by atoms with van der Waals surface area (Å²) in [6.07, 6.45) is 2.57. The Bertz CT molecular complexity index is 1270. The number of halogens is 2. The van der Waals surface area contributed by atoms with Crippen molar-refractivity contribution in [2.75, 3.05) is 22.2 Å². The van der Waals surface area contributed by atoms with Gasteiger partial charge in [0, 0.05) is 38.0 Å². The van der Waals surface area contributed by atoms with Crippen molar-refractivity contribution >= 4 is 28.4 Å². The average molecular weight is 506 g/mol. The standard InChI is InChI=1S/C22H25F2N7O3S/c1-14-3-4-15(9-26-20(32)11-30-13-25-12-27-30)7-17(14)18-5-6-19-21(28-18)29(2)35(33,34)31(19)10-16-8-22(16,23)24/h3-7,12-13,16,33-34H,8-11H2,1-2H3,(H,26,32). The lowest BCUT2D eigenvalue weighted by molar-refractivity contribution is -0.122. The van der Waals surface area contributed by atoms with E-state index in [0.29, 0.717) is 23.7 Å². The molecule has 5 rings (SSSR count). The number of anilines is 2. The Labute approximate surface area is 202 Å². The first-order chi connectivity index (χ1) is 16.6. The number of benzene rings is 1. The molecule has 0 saturated heterocycles. The van der Waals surface area contributed by atoms with Crippen LogP contribution in [-0.4, -0.2) is 54.3 Å². The molecule has 10 nitrogen and oxygen atoms in total. The molecule has 1 fully saturated rings. The summed E-state index contributed by atoms with van der Waals surface area (Å²) in [5.74, 6) is -3.57. The van der Waals surface area contributed by atoms with Gasteiger partial charge in [0.15, 0.2) is 5.82 Å². The van der Waals surface area contributed by atoms with Gasteiger partial charge in [0.25, 0.3) is 5.92 Å². The maximum Gasteiger partial charge on any atom is 0.253 e. The molecule has 0 spiro atoms. The molecule has 1 aliphatic carbocycles.